The highest BCUT2D eigenvalue weighted by molar-refractivity contribution is 6.03. The fraction of sp³-hybridized carbons (Fsp3) is 0.320. The van der Waals surface area contributed by atoms with E-state index in [1.165, 1.54) is 12.4 Å². The molecular formula is C25H24F3N3O4. The van der Waals surface area contributed by atoms with Crippen LogP contribution >= 0.6 is 0 Å². The standard InChI is InChI=1S/C25H24F3N3O4/c1-13-9-14(10-21(33)25(13,35)12-32)15-7-8-29-11-20(15)31-24(34)19-6-5-18(28)23(30-19)22-16(26)3-2-4-17(22)27/h2-8,11,13-14,21,32-33,35H,9-10,12H2,1H3,(H,31,34)/t13-,14+,21+,25+/m1/s1. The van der Waals surface area contributed by atoms with Crippen molar-refractivity contribution in [3.63, 3.8) is 0 Å². The van der Waals surface area contributed by atoms with E-state index >= 15 is 0 Å². The summed E-state index contributed by atoms with van der Waals surface area (Å²) >= 11 is 0. The maximum absolute atomic E-state index is 14.4. The van der Waals surface area contributed by atoms with Crippen LogP contribution in [0.3, 0.4) is 0 Å². The number of pyridine rings is 2. The number of hydrogen-bond donors (Lipinski definition) is 4. The van der Waals surface area contributed by atoms with Gasteiger partial charge in [-0.05, 0) is 60.6 Å². The second-order valence-corrected chi connectivity index (χ2v) is 8.78. The number of hydrogen-bond acceptors (Lipinski definition) is 6. The van der Waals surface area contributed by atoms with Gasteiger partial charge in [0, 0.05) is 6.20 Å². The van der Waals surface area contributed by atoms with E-state index in [0.717, 1.165) is 30.3 Å². The van der Waals surface area contributed by atoms with E-state index in [4.69, 9.17) is 0 Å². The Morgan fingerprint density at radius 2 is 1.83 bits per heavy atom. The van der Waals surface area contributed by atoms with Crippen LogP contribution in [0.25, 0.3) is 11.3 Å². The highest BCUT2D eigenvalue weighted by atomic mass is 19.1. The van der Waals surface area contributed by atoms with Crippen molar-refractivity contribution in [2.24, 2.45) is 5.92 Å². The molecule has 4 N–H and O–H groups in total. The van der Waals surface area contributed by atoms with Gasteiger partial charge in [0.25, 0.3) is 5.91 Å². The van der Waals surface area contributed by atoms with Crippen molar-refractivity contribution >= 4 is 11.6 Å². The monoisotopic (exact) mass is 487 g/mol. The van der Waals surface area contributed by atoms with Gasteiger partial charge in [0.2, 0.25) is 0 Å². The molecule has 0 saturated heterocycles. The number of carbonyl (C=O) groups is 1. The molecule has 184 valence electrons. The first-order chi connectivity index (χ1) is 16.7. The summed E-state index contributed by atoms with van der Waals surface area (Å²) in [7, 11) is 0. The largest absolute Gasteiger partial charge is 0.393 e. The smallest absolute Gasteiger partial charge is 0.274 e. The molecule has 35 heavy (non-hydrogen) atoms. The number of aliphatic hydroxyl groups excluding tert-OH is 2. The van der Waals surface area contributed by atoms with Gasteiger partial charge in [0.1, 0.15) is 34.4 Å². The van der Waals surface area contributed by atoms with Gasteiger partial charge in [-0.2, -0.15) is 0 Å². The number of carbonyl (C=O) groups excluding carboxylic acids is 1. The molecule has 0 spiro atoms. The molecule has 4 rings (SSSR count). The molecule has 0 unspecified atom stereocenters. The van der Waals surface area contributed by atoms with Crippen molar-refractivity contribution in [1.29, 1.82) is 0 Å². The van der Waals surface area contributed by atoms with Crippen molar-refractivity contribution in [3.05, 3.63) is 77.5 Å². The van der Waals surface area contributed by atoms with Crippen LogP contribution < -0.4 is 5.32 Å². The van der Waals surface area contributed by atoms with Crippen LogP contribution in [0.2, 0.25) is 0 Å². The number of nitrogens with zero attached hydrogens (tertiary/aromatic N) is 2. The van der Waals surface area contributed by atoms with Crippen molar-refractivity contribution in [3.8, 4) is 11.3 Å². The number of benzene rings is 1. The van der Waals surface area contributed by atoms with E-state index in [9.17, 15) is 33.3 Å². The third-order valence-electron chi connectivity index (χ3n) is 6.65. The SMILES string of the molecule is C[C@@H]1C[C@H](c2ccncc2NC(=O)c2ccc(F)c(-c3c(F)cccc3F)n2)C[C@H](O)[C@]1(O)CO. The van der Waals surface area contributed by atoms with Crippen LogP contribution in [0.15, 0.2) is 48.8 Å². The second-order valence-electron chi connectivity index (χ2n) is 8.78. The number of nitrogens with one attached hydrogen (secondary N) is 1. The lowest BCUT2D eigenvalue weighted by molar-refractivity contribution is -0.159. The summed E-state index contributed by atoms with van der Waals surface area (Å²) in [6.07, 6.45) is 2.30. The Bertz CT molecular complexity index is 1220. The molecule has 1 fully saturated rings. The van der Waals surface area contributed by atoms with Gasteiger partial charge in [0.15, 0.2) is 0 Å². The lowest BCUT2D eigenvalue weighted by Gasteiger charge is -2.44. The first-order valence-corrected chi connectivity index (χ1v) is 11.0. The Balaban J connectivity index is 1.62. The van der Waals surface area contributed by atoms with Crippen LogP contribution in [0.5, 0.6) is 0 Å². The van der Waals surface area contributed by atoms with Gasteiger partial charge in [-0.25, -0.2) is 18.2 Å². The minimum Gasteiger partial charge on any atom is -0.393 e. The van der Waals surface area contributed by atoms with Gasteiger partial charge >= 0.3 is 0 Å². The molecule has 1 aliphatic rings. The molecule has 7 nitrogen and oxygen atoms in total. The normalized spacial score (nSPS) is 24.3. The molecule has 2 heterocycles. The quantitative estimate of drug-likeness (QED) is 0.439. The molecule has 2 aromatic heterocycles. The van der Waals surface area contributed by atoms with E-state index in [2.05, 4.69) is 15.3 Å². The highest BCUT2D eigenvalue weighted by Gasteiger charge is 2.46. The van der Waals surface area contributed by atoms with Crippen LogP contribution in [-0.2, 0) is 0 Å². The van der Waals surface area contributed by atoms with Crippen molar-refractivity contribution < 1.29 is 33.3 Å². The minimum absolute atomic E-state index is 0.139. The van der Waals surface area contributed by atoms with E-state index in [1.54, 1.807) is 13.0 Å². The second kappa shape index (κ2) is 9.73. The zero-order valence-electron chi connectivity index (χ0n) is 18.8. The summed E-state index contributed by atoms with van der Waals surface area (Å²) in [5.41, 5.74) is -2.26. The number of anilines is 1. The van der Waals surface area contributed by atoms with Crippen LogP contribution in [0, 0.1) is 23.4 Å². The van der Waals surface area contributed by atoms with Gasteiger partial charge < -0.3 is 20.6 Å². The molecule has 4 atom stereocenters. The zero-order chi connectivity index (χ0) is 25.3. The number of rotatable bonds is 5. The van der Waals surface area contributed by atoms with E-state index in [1.807, 2.05) is 0 Å². The minimum atomic E-state index is -1.62. The maximum atomic E-state index is 14.4. The summed E-state index contributed by atoms with van der Waals surface area (Å²) in [6.45, 7) is 1.14. The van der Waals surface area contributed by atoms with Crippen LogP contribution in [-0.4, -0.2) is 49.5 Å². The summed E-state index contributed by atoms with van der Waals surface area (Å²) in [5.74, 6) is -4.49. The predicted octanol–water partition coefficient (Wildman–Crippen LogP) is 3.41. The average molecular weight is 487 g/mol. The topological polar surface area (TPSA) is 116 Å². The Labute approximate surface area is 199 Å². The highest BCUT2D eigenvalue weighted by Crippen LogP contribution is 2.43. The molecule has 10 heteroatoms. The molecule has 1 amide bonds. The summed E-state index contributed by atoms with van der Waals surface area (Å²) < 4.78 is 42.8. The van der Waals surface area contributed by atoms with Crippen molar-refractivity contribution in [2.45, 2.75) is 37.4 Å². The fourth-order valence-corrected chi connectivity index (χ4v) is 4.56. The van der Waals surface area contributed by atoms with E-state index < -0.39 is 58.8 Å². The number of amides is 1. The molecule has 1 aliphatic carbocycles. The van der Waals surface area contributed by atoms with Gasteiger partial charge in [-0.1, -0.05) is 13.0 Å². The molecule has 1 aromatic carbocycles. The molecule has 0 aliphatic heterocycles. The van der Waals surface area contributed by atoms with Crippen molar-refractivity contribution in [2.75, 3.05) is 11.9 Å². The lowest BCUT2D eigenvalue weighted by Crippen LogP contribution is -2.54. The third kappa shape index (κ3) is 4.64. The maximum Gasteiger partial charge on any atom is 0.274 e. The fourth-order valence-electron chi connectivity index (χ4n) is 4.56. The summed E-state index contributed by atoms with van der Waals surface area (Å²) in [4.78, 5) is 20.9. The number of aliphatic hydroxyl groups is 3. The Kier molecular flexibility index (Phi) is 6.88. The molecule has 0 bridgehead atoms. The molecule has 0 radical (unpaired) electrons. The van der Waals surface area contributed by atoms with Crippen molar-refractivity contribution in [1.82, 2.24) is 9.97 Å². The first kappa shape index (κ1) is 24.8. The molecule has 1 saturated carbocycles. The summed E-state index contributed by atoms with van der Waals surface area (Å²) in [6, 6.07) is 6.73. The van der Waals surface area contributed by atoms with E-state index in [0.29, 0.717) is 17.7 Å². The number of halogens is 3. The predicted molar refractivity (Wildman–Crippen MR) is 121 cm³/mol. The van der Waals surface area contributed by atoms with Crippen LogP contribution in [0.1, 0.15) is 41.7 Å². The zero-order valence-corrected chi connectivity index (χ0v) is 18.8. The summed E-state index contributed by atoms with van der Waals surface area (Å²) in [5, 5.41) is 33.2. The number of aromatic nitrogens is 2. The lowest BCUT2D eigenvalue weighted by atomic mass is 9.68. The Morgan fingerprint density at radius 1 is 1.11 bits per heavy atom. The van der Waals surface area contributed by atoms with Gasteiger partial charge in [-0.3, -0.25) is 9.78 Å². The average Bonchev–Trinajstić information content (AvgIpc) is 2.83. The Morgan fingerprint density at radius 3 is 2.49 bits per heavy atom. The van der Waals surface area contributed by atoms with Gasteiger partial charge in [-0.15, -0.1) is 0 Å². The van der Waals surface area contributed by atoms with E-state index in [-0.39, 0.29) is 18.0 Å². The first-order valence-electron chi connectivity index (χ1n) is 11.0. The van der Waals surface area contributed by atoms with Crippen LogP contribution in [0.4, 0.5) is 18.9 Å². The third-order valence-corrected chi connectivity index (χ3v) is 6.65. The molecule has 3 aromatic rings. The molecular weight excluding hydrogens is 463 g/mol. The Hall–Kier alpha value is -3.34. The van der Waals surface area contributed by atoms with Gasteiger partial charge in [0.05, 0.1) is 30.2 Å².